The smallest absolute Gasteiger partial charge is 0.257 e. The third-order valence-electron chi connectivity index (χ3n) is 5.51. The molecule has 1 fully saturated rings. The van der Waals surface area contributed by atoms with E-state index in [9.17, 15) is 4.79 Å². The molecule has 3 aromatic rings. The number of carbonyl (C=O) groups is 1. The van der Waals surface area contributed by atoms with Crippen molar-refractivity contribution in [3.8, 4) is 0 Å². The maximum absolute atomic E-state index is 13.1. The highest BCUT2D eigenvalue weighted by Gasteiger charge is 2.19. The zero-order valence-electron chi connectivity index (χ0n) is 17.0. The summed E-state index contributed by atoms with van der Waals surface area (Å²) in [4.78, 5) is 15.4. The number of hydrogen-bond donors (Lipinski definition) is 1. The summed E-state index contributed by atoms with van der Waals surface area (Å²) in [7, 11) is 0. The van der Waals surface area contributed by atoms with Crippen molar-refractivity contribution in [2.75, 3.05) is 36.5 Å². The van der Waals surface area contributed by atoms with Crippen LogP contribution < -0.4 is 10.2 Å². The van der Waals surface area contributed by atoms with Crippen LogP contribution in [-0.4, -0.2) is 36.8 Å². The summed E-state index contributed by atoms with van der Waals surface area (Å²) < 4.78 is 7.65. The molecule has 1 saturated heterocycles. The molecular formula is C24H27N3O2. The molecule has 1 aromatic heterocycles. The summed E-state index contributed by atoms with van der Waals surface area (Å²) in [5, 5.41) is 3.13. The van der Waals surface area contributed by atoms with Gasteiger partial charge in [-0.25, -0.2) is 0 Å². The lowest BCUT2D eigenvalue weighted by atomic mass is 10.2. The Morgan fingerprint density at radius 2 is 1.69 bits per heavy atom. The second-order valence-corrected chi connectivity index (χ2v) is 7.43. The van der Waals surface area contributed by atoms with E-state index >= 15 is 0 Å². The molecule has 0 atom stereocenters. The highest BCUT2D eigenvalue weighted by atomic mass is 16.5. The minimum absolute atomic E-state index is 0.0712. The summed E-state index contributed by atoms with van der Waals surface area (Å²) in [6, 6.07) is 20.3. The van der Waals surface area contributed by atoms with Crippen molar-refractivity contribution in [1.82, 2.24) is 4.57 Å². The SMILES string of the molecule is Cc1cc(C(=O)Nc2ccccc2N2CCOCC2)c(C)n1Cc1ccccc1. The predicted octanol–water partition coefficient (Wildman–Crippen LogP) is 4.24. The number of aryl methyl sites for hydroxylation is 1. The van der Waals surface area contributed by atoms with Crippen molar-refractivity contribution in [1.29, 1.82) is 0 Å². The lowest BCUT2D eigenvalue weighted by Gasteiger charge is -2.30. The molecule has 0 aliphatic carbocycles. The molecule has 5 nitrogen and oxygen atoms in total. The number of morpholine rings is 1. The second-order valence-electron chi connectivity index (χ2n) is 7.43. The van der Waals surface area contributed by atoms with E-state index in [-0.39, 0.29) is 5.91 Å². The minimum atomic E-state index is -0.0712. The largest absolute Gasteiger partial charge is 0.378 e. The van der Waals surface area contributed by atoms with Gasteiger partial charge in [-0.15, -0.1) is 0 Å². The number of para-hydroxylation sites is 2. The van der Waals surface area contributed by atoms with E-state index in [0.29, 0.717) is 13.2 Å². The maximum Gasteiger partial charge on any atom is 0.257 e. The van der Waals surface area contributed by atoms with E-state index in [1.807, 2.05) is 56.3 Å². The van der Waals surface area contributed by atoms with Crippen LogP contribution in [0.4, 0.5) is 11.4 Å². The standard InChI is InChI=1S/C24H27N3O2/c1-18-16-21(19(2)27(18)17-20-8-4-3-5-9-20)24(28)25-22-10-6-7-11-23(22)26-12-14-29-15-13-26/h3-11,16H,12-15,17H2,1-2H3,(H,25,28). The number of amides is 1. The van der Waals surface area contributed by atoms with Gasteiger partial charge in [0.25, 0.3) is 5.91 Å². The molecule has 0 saturated carbocycles. The minimum Gasteiger partial charge on any atom is -0.378 e. The quantitative estimate of drug-likeness (QED) is 0.710. The van der Waals surface area contributed by atoms with Gasteiger partial charge in [-0.3, -0.25) is 4.79 Å². The second kappa shape index (κ2) is 8.53. The van der Waals surface area contributed by atoms with Crippen LogP contribution in [0.1, 0.15) is 27.3 Å². The van der Waals surface area contributed by atoms with Crippen molar-refractivity contribution in [2.45, 2.75) is 20.4 Å². The van der Waals surface area contributed by atoms with Crippen LogP contribution in [0.5, 0.6) is 0 Å². The molecule has 2 aromatic carbocycles. The van der Waals surface area contributed by atoms with Crippen LogP contribution in [0.3, 0.4) is 0 Å². The Balaban J connectivity index is 1.56. The first-order valence-electron chi connectivity index (χ1n) is 10.1. The third kappa shape index (κ3) is 4.20. The Kier molecular flexibility index (Phi) is 5.67. The molecule has 29 heavy (non-hydrogen) atoms. The van der Waals surface area contributed by atoms with Gasteiger partial charge < -0.3 is 19.5 Å². The van der Waals surface area contributed by atoms with Crippen molar-refractivity contribution in [2.24, 2.45) is 0 Å². The molecule has 5 heteroatoms. The Labute approximate surface area is 171 Å². The van der Waals surface area contributed by atoms with Gasteiger partial charge in [-0.1, -0.05) is 42.5 Å². The number of aromatic nitrogens is 1. The molecule has 1 amide bonds. The Morgan fingerprint density at radius 3 is 2.45 bits per heavy atom. The molecule has 0 spiro atoms. The number of benzene rings is 2. The van der Waals surface area contributed by atoms with Gasteiger partial charge in [0, 0.05) is 31.0 Å². The first-order chi connectivity index (χ1) is 14.1. The zero-order valence-corrected chi connectivity index (χ0v) is 17.0. The van der Waals surface area contributed by atoms with E-state index < -0.39 is 0 Å². The van der Waals surface area contributed by atoms with Crippen LogP contribution in [0, 0.1) is 13.8 Å². The summed E-state index contributed by atoms with van der Waals surface area (Å²) in [6.45, 7) is 7.91. The summed E-state index contributed by atoms with van der Waals surface area (Å²) in [5.41, 5.74) is 5.88. The molecule has 2 heterocycles. The number of nitrogens with zero attached hydrogens (tertiary/aromatic N) is 2. The van der Waals surface area contributed by atoms with Gasteiger partial charge in [-0.2, -0.15) is 0 Å². The highest BCUT2D eigenvalue weighted by molar-refractivity contribution is 6.07. The fourth-order valence-corrected chi connectivity index (χ4v) is 3.89. The fourth-order valence-electron chi connectivity index (χ4n) is 3.89. The number of hydrogen-bond acceptors (Lipinski definition) is 3. The summed E-state index contributed by atoms with van der Waals surface area (Å²) >= 11 is 0. The van der Waals surface area contributed by atoms with Gasteiger partial charge in [0.15, 0.2) is 0 Å². The van der Waals surface area contributed by atoms with E-state index in [0.717, 1.165) is 48.0 Å². The van der Waals surface area contributed by atoms with E-state index in [2.05, 4.69) is 33.0 Å². The highest BCUT2D eigenvalue weighted by Crippen LogP contribution is 2.27. The Bertz CT molecular complexity index is 989. The first kappa shape index (κ1) is 19.3. The van der Waals surface area contributed by atoms with Gasteiger partial charge >= 0.3 is 0 Å². The number of carbonyl (C=O) groups excluding carboxylic acids is 1. The van der Waals surface area contributed by atoms with E-state index in [4.69, 9.17) is 4.74 Å². The van der Waals surface area contributed by atoms with Crippen molar-refractivity contribution < 1.29 is 9.53 Å². The van der Waals surface area contributed by atoms with Crippen LogP contribution in [-0.2, 0) is 11.3 Å². The molecule has 150 valence electrons. The van der Waals surface area contributed by atoms with Gasteiger partial charge in [0.05, 0.1) is 30.2 Å². The summed E-state index contributed by atoms with van der Waals surface area (Å²) in [5.74, 6) is -0.0712. The maximum atomic E-state index is 13.1. The molecule has 1 aliphatic heterocycles. The molecular weight excluding hydrogens is 362 g/mol. The van der Waals surface area contributed by atoms with Crippen LogP contribution in [0.15, 0.2) is 60.7 Å². The van der Waals surface area contributed by atoms with E-state index in [1.54, 1.807) is 0 Å². The van der Waals surface area contributed by atoms with Gasteiger partial charge in [-0.05, 0) is 37.6 Å². The van der Waals surface area contributed by atoms with Crippen LogP contribution in [0.2, 0.25) is 0 Å². The predicted molar refractivity (Wildman–Crippen MR) is 117 cm³/mol. The molecule has 0 unspecified atom stereocenters. The lowest BCUT2D eigenvalue weighted by molar-refractivity contribution is 0.102. The summed E-state index contributed by atoms with van der Waals surface area (Å²) in [6.07, 6.45) is 0. The van der Waals surface area contributed by atoms with Crippen molar-refractivity contribution in [3.05, 3.63) is 83.2 Å². The Morgan fingerprint density at radius 1 is 1.00 bits per heavy atom. The zero-order chi connectivity index (χ0) is 20.2. The first-order valence-corrected chi connectivity index (χ1v) is 10.1. The average Bonchev–Trinajstić information content (AvgIpc) is 3.04. The average molecular weight is 389 g/mol. The number of nitrogens with one attached hydrogen (secondary N) is 1. The lowest BCUT2D eigenvalue weighted by Crippen LogP contribution is -2.36. The van der Waals surface area contributed by atoms with Crippen molar-refractivity contribution in [3.63, 3.8) is 0 Å². The monoisotopic (exact) mass is 389 g/mol. The Hall–Kier alpha value is -3.05. The van der Waals surface area contributed by atoms with Gasteiger partial charge in [0.1, 0.15) is 0 Å². The molecule has 0 bridgehead atoms. The normalized spacial score (nSPS) is 14.1. The topological polar surface area (TPSA) is 46.5 Å². The fraction of sp³-hybridized carbons (Fsp3) is 0.292. The number of rotatable bonds is 5. The molecule has 1 N–H and O–H groups in total. The molecule has 1 aliphatic rings. The molecule has 0 radical (unpaired) electrons. The number of anilines is 2. The van der Waals surface area contributed by atoms with Crippen molar-refractivity contribution >= 4 is 17.3 Å². The van der Waals surface area contributed by atoms with Crippen LogP contribution >= 0.6 is 0 Å². The molecule has 4 rings (SSSR count). The van der Waals surface area contributed by atoms with Crippen LogP contribution in [0.25, 0.3) is 0 Å². The third-order valence-corrected chi connectivity index (χ3v) is 5.51. The van der Waals surface area contributed by atoms with Gasteiger partial charge in [0.2, 0.25) is 0 Å². The van der Waals surface area contributed by atoms with E-state index in [1.165, 1.54) is 5.56 Å². The number of ether oxygens (including phenoxy) is 1.